The lowest BCUT2D eigenvalue weighted by Crippen LogP contribution is -2.38. The van der Waals surface area contributed by atoms with Crippen LogP contribution in [0.25, 0.3) is 27.9 Å². The average Bonchev–Trinajstić information content (AvgIpc) is 3.61. The number of carbonyl (C=O) groups excluding carboxylic acids is 1. The number of ether oxygens (including phenoxy) is 2. The number of hydrogen-bond acceptors (Lipinski definition) is 7. The fraction of sp³-hybridized carbons (Fsp3) is 0.265. The van der Waals surface area contributed by atoms with E-state index in [4.69, 9.17) is 19.0 Å². The van der Waals surface area contributed by atoms with Crippen LogP contribution in [0.2, 0.25) is 0 Å². The smallest absolute Gasteiger partial charge is 0.290 e. The minimum Gasteiger partial charge on any atom is -0.493 e. The van der Waals surface area contributed by atoms with E-state index in [-0.39, 0.29) is 17.1 Å². The van der Waals surface area contributed by atoms with E-state index in [1.807, 2.05) is 54.7 Å². The third-order valence-electron chi connectivity index (χ3n) is 8.14. The molecule has 0 bridgehead atoms. The average molecular weight is 579 g/mol. The molecule has 220 valence electrons. The second-order valence-electron chi connectivity index (χ2n) is 10.4. The Kier molecular flexibility index (Phi) is 7.73. The zero-order valence-corrected chi connectivity index (χ0v) is 24.7. The molecule has 0 fully saturated rings. The number of nitrogens with zero attached hydrogens (tertiary/aromatic N) is 4. The van der Waals surface area contributed by atoms with Gasteiger partial charge in [-0.15, -0.1) is 0 Å². The van der Waals surface area contributed by atoms with Crippen molar-refractivity contribution < 1.29 is 18.7 Å². The first kappa shape index (κ1) is 28.2. The van der Waals surface area contributed by atoms with Crippen molar-refractivity contribution in [2.24, 2.45) is 0 Å². The highest BCUT2D eigenvalue weighted by molar-refractivity contribution is 5.99. The summed E-state index contributed by atoms with van der Waals surface area (Å²) >= 11 is 0. The van der Waals surface area contributed by atoms with Crippen molar-refractivity contribution in [2.45, 2.75) is 19.9 Å². The van der Waals surface area contributed by atoms with Gasteiger partial charge in [-0.2, -0.15) is 5.10 Å². The predicted octanol–water partition coefficient (Wildman–Crippen LogP) is 5.55. The van der Waals surface area contributed by atoms with Crippen molar-refractivity contribution in [2.75, 3.05) is 40.4 Å². The third-order valence-corrected chi connectivity index (χ3v) is 8.14. The molecular formula is C34H34N4O5. The van der Waals surface area contributed by atoms with Gasteiger partial charge in [-0.05, 0) is 55.6 Å². The Bertz CT molecular complexity index is 1840. The SMILES string of the molecule is CCN(CC)CCN1C(=O)c2oc3ccccc3c(=O)c2C1c1cn(-c2ccccc2)nc1-c1ccc(OC)c(OC)c1. The van der Waals surface area contributed by atoms with E-state index in [9.17, 15) is 9.59 Å². The van der Waals surface area contributed by atoms with E-state index in [1.165, 1.54) is 0 Å². The van der Waals surface area contributed by atoms with E-state index in [2.05, 4.69) is 18.7 Å². The molecule has 0 aliphatic carbocycles. The van der Waals surface area contributed by atoms with Gasteiger partial charge in [-0.3, -0.25) is 9.59 Å². The molecule has 43 heavy (non-hydrogen) atoms. The molecule has 0 saturated carbocycles. The Labute approximate surface area is 249 Å². The highest BCUT2D eigenvalue weighted by Gasteiger charge is 2.44. The molecule has 0 radical (unpaired) electrons. The summed E-state index contributed by atoms with van der Waals surface area (Å²) in [4.78, 5) is 32.2. The number of fused-ring (bicyclic) bond motifs is 2. The Morgan fingerprint density at radius 3 is 2.35 bits per heavy atom. The van der Waals surface area contributed by atoms with Crippen LogP contribution in [0.1, 0.15) is 41.6 Å². The molecule has 3 heterocycles. The first-order valence-corrected chi connectivity index (χ1v) is 14.4. The molecule has 0 spiro atoms. The van der Waals surface area contributed by atoms with Gasteiger partial charge in [0.1, 0.15) is 5.58 Å². The Balaban J connectivity index is 1.60. The molecule has 9 heteroatoms. The molecule has 0 N–H and O–H groups in total. The number of amides is 1. The maximum atomic E-state index is 14.1. The molecule has 1 aliphatic heterocycles. The Morgan fingerprint density at radius 1 is 0.907 bits per heavy atom. The van der Waals surface area contributed by atoms with Crippen LogP contribution in [0.5, 0.6) is 11.5 Å². The second kappa shape index (κ2) is 11.8. The van der Waals surface area contributed by atoms with Gasteiger partial charge in [-0.1, -0.05) is 44.2 Å². The first-order chi connectivity index (χ1) is 21.0. The van der Waals surface area contributed by atoms with E-state index in [1.54, 1.807) is 48.1 Å². The van der Waals surface area contributed by atoms with Gasteiger partial charge in [0.2, 0.25) is 5.76 Å². The number of benzene rings is 3. The van der Waals surface area contributed by atoms with Crippen molar-refractivity contribution >= 4 is 16.9 Å². The van der Waals surface area contributed by atoms with Gasteiger partial charge in [0.25, 0.3) is 5.91 Å². The van der Waals surface area contributed by atoms with Crippen molar-refractivity contribution in [3.8, 4) is 28.4 Å². The third kappa shape index (κ3) is 4.95. The quantitative estimate of drug-likeness (QED) is 0.215. The van der Waals surface area contributed by atoms with Gasteiger partial charge < -0.3 is 23.7 Å². The van der Waals surface area contributed by atoms with E-state index in [0.29, 0.717) is 52.4 Å². The lowest BCUT2D eigenvalue weighted by Gasteiger charge is -2.28. The van der Waals surface area contributed by atoms with Crippen molar-refractivity contribution in [1.82, 2.24) is 19.6 Å². The van der Waals surface area contributed by atoms with Gasteiger partial charge in [-0.25, -0.2) is 4.68 Å². The minimum absolute atomic E-state index is 0.0824. The summed E-state index contributed by atoms with van der Waals surface area (Å²) in [6.07, 6.45) is 1.91. The zero-order chi connectivity index (χ0) is 30.1. The molecule has 3 aromatic carbocycles. The van der Waals surface area contributed by atoms with Crippen LogP contribution in [-0.2, 0) is 0 Å². The number of aromatic nitrogens is 2. The first-order valence-electron chi connectivity index (χ1n) is 14.4. The Morgan fingerprint density at radius 2 is 1.63 bits per heavy atom. The standard InChI is InChI=1S/C34H34N4O5/c1-5-36(6-2)18-19-37-31(29-32(39)24-14-10-11-15-26(24)43-33(29)34(37)40)25-21-38(23-12-8-7-9-13-23)35-30(25)22-16-17-27(41-3)28(20-22)42-4/h7-17,20-21,31H,5-6,18-19H2,1-4H3. The highest BCUT2D eigenvalue weighted by Crippen LogP contribution is 2.43. The van der Waals surface area contributed by atoms with Crippen LogP contribution in [-0.4, -0.2) is 65.9 Å². The summed E-state index contributed by atoms with van der Waals surface area (Å²) < 4.78 is 19.1. The van der Waals surface area contributed by atoms with Gasteiger partial charge in [0, 0.05) is 30.4 Å². The normalized spacial score (nSPS) is 14.5. The fourth-order valence-corrected chi connectivity index (χ4v) is 5.82. The largest absolute Gasteiger partial charge is 0.493 e. The molecule has 1 amide bonds. The minimum atomic E-state index is -0.709. The van der Waals surface area contributed by atoms with Gasteiger partial charge >= 0.3 is 0 Å². The second-order valence-corrected chi connectivity index (χ2v) is 10.4. The predicted molar refractivity (Wildman–Crippen MR) is 165 cm³/mol. The molecule has 2 aromatic heterocycles. The maximum absolute atomic E-state index is 14.1. The van der Waals surface area contributed by atoms with Crippen molar-refractivity contribution in [3.63, 3.8) is 0 Å². The maximum Gasteiger partial charge on any atom is 0.290 e. The van der Waals surface area contributed by atoms with Crippen molar-refractivity contribution in [1.29, 1.82) is 0 Å². The molecule has 1 aliphatic rings. The van der Waals surface area contributed by atoms with Crippen LogP contribution in [0.4, 0.5) is 0 Å². The molecule has 1 unspecified atom stereocenters. The summed E-state index contributed by atoms with van der Waals surface area (Å²) in [5.74, 6) is 0.913. The fourth-order valence-electron chi connectivity index (χ4n) is 5.82. The summed E-state index contributed by atoms with van der Waals surface area (Å²) in [6, 6.07) is 21.7. The zero-order valence-electron chi connectivity index (χ0n) is 24.7. The topological polar surface area (TPSA) is 90.0 Å². The van der Waals surface area contributed by atoms with Crippen molar-refractivity contribution in [3.05, 3.63) is 106 Å². The van der Waals surface area contributed by atoms with Crippen LogP contribution >= 0.6 is 0 Å². The number of rotatable bonds is 10. The number of likely N-dealkylation sites (N-methyl/N-ethyl adjacent to an activating group) is 1. The lowest BCUT2D eigenvalue weighted by molar-refractivity contribution is 0.0708. The number of para-hydroxylation sites is 2. The van der Waals surface area contributed by atoms with Crippen LogP contribution in [0.15, 0.2) is 88.2 Å². The molecule has 5 aromatic rings. The van der Waals surface area contributed by atoms with Crippen LogP contribution in [0, 0.1) is 0 Å². The molecule has 0 saturated heterocycles. The molecule has 9 nitrogen and oxygen atoms in total. The molecular weight excluding hydrogens is 544 g/mol. The number of hydrogen-bond donors (Lipinski definition) is 0. The van der Waals surface area contributed by atoms with E-state index >= 15 is 0 Å². The summed E-state index contributed by atoms with van der Waals surface area (Å²) in [5, 5.41) is 5.46. The molecule has 6 rings (SSSR count). The highest BCUT2D eigenvalue weighted by atomic mass is 16.5. The number of methoxy groups -OCH3 is 2. The van der Waals surface area contributed by atoms with Crippen LogP contribution in [0.3, 0.4) is 0 Å². The summed E-state index contributed by atoms with van der Waals surface area (Å²) in [6.45, 7) is 6.94. The van der Waals surface area contributed by atoms with E-state index < -0.39 is 6.04 Å². The summed E-state index contributed by atoms with van der Waals surface area (Å²) in [5.41, 5.74) is 3.45. The van der Waals surface area contributed by atoms with Gasteiger partial charge in [0.15, 0.2) is 16.9 Å². The summed E-state index contributed by atoms with van der Waals surface area (Å²) in [7, 11) is 3.17. The lowest BCUT2D eigenvalue weighted by atomic mass is 9.96. The van der Waals surface area contributed by atoms with Crippen LogP contribution < -0.4 is 14.9 Å². The van der Waals surface area contributed by atoms with Gasteiger partial charge in [0.05, 0.1) is 42.6 Å². The number of carbonyl (C=O) groups is 1. The molecule has 1 atom stereocenters. The Hall–Kier alpha value is -4.89. The van der Waals surface area contributed by atoms with E-state index in [0.717, 1.165) is 24.3 Å². The monoisotopic (exact) mass is 578 g/mol.